The molecule has 2 aliphatic rings. The zero-order valence-electron chi connectivity index (χ0n) is 20.1. The first-order valence-corrected chi connectivity index (χ1v) is 12.3. The van der Waals surface area contributed by atoms with Crippen LogP contribution in [-0.2, 0) is 0 Å². The van der Waals surface area contributed by atoms with Crippen LogP contribution in [0.25, 0.3) is 0 Å². The summed E-state index contributed by atoms with van der Waals surface area (Å²) in [6.07, 6.45) is 6.05. The topological polar surface area (TPSA) is 68.5 Å². The van der Waals surface area contributed by atoms with Gasteiger partial charge in [0.25, 0.3) is 0 Å². The summed E-state index contributed by atoms with van der Waals surface area (Å²) in [6, 6.07) is 17.1. The van der Waals surface area contributed by atoms with Crippen molar-refractivity contribution in [2.75, 3.05) is 45.3 Å². The molecule has 2 fully saturated rings. The van der Waals surface area contributed by atoms with Gasteiger partial charge in [-0.2, -0.15) is 0 Å². The number of ether oxygens (including phenoxy) is 2. The van der Waals surface area contributed by atoms with E-state index < -0.39 is 0 Å². The quantitative estimate of drug-likeness (QED) is 0.523. The third-order valence-electron chi connectivity index (χ3n) is 7.21. The molecular weight excluding hydrogens is 428 g/mol. The van der Waals surface area contributed by atoms with Gasteiger partial charge in [-0.1, -0.05) is 43.5 Å². The Balaban J connectivity index is 1.47. The number of aromatic nitrogens is 4. The second-order valence-corrected chi connectivity index (χ2v) is 9.15. The van der Waals surface area contributed by atoms with Crippen LogP contribution in [0.2, 0.25) is 0 Å². The molecule has 3 aromatic rings. The number of piperazine rings is 1. The minimum Gasteiger partial charge on any atom is -0.493 e. The molecule has 180 valence electrons. The van der Waals surface area contributed by atoms with E-state index in [-0.39, 0.29) is 6.04 Å². The van der Waals surface area contributed by atoms with E-state index in [0.29, 0.717) is 6.04 Å². The molecular formula is C26H34N6O2. The summed E-state index contributed by atoms with van der Waals surface area (Å²) in [6.45, 7) is 3.76. The molecule has 0 amide bonds. The van der Waals surface area contributed by atoms with E-state index in [9.17, 15) is 0 Å². The zero-order valence-corrected chi connectivity index (χ0v) is 20.1. The van der Waals surface area contributed by atoms with Crippen LogP contribution in [0, 0.1) is 0 Å². The van der Waals surface area contributed by atoms with Crippen molar-refractivity contribution in [3.63, 3.8) is 0 Å². The Kier molecular flexibility index (Phi) is 6.94. The summed E-state index contributed by atoms with van der Waals surface area (Å²) in [4.78, 5) is 4.96. The van der Waals surface area contributed by atoms with Crippen molar-refractivity contribution < 1.29 is 9.47 Å². The van der Waals surface area contributed by atoms with Crippen LogP contribution in [0.15, 0.2) is 48.5 Å². The second-order valence-electron chi connectivity index (χ2n) is 9.15. The summed E-state index contributed by atoms with van der Waals surface area (Å²) in [5.41, 5.74) is 2.40. The average Bonchev–Trinajstić information content (AvgIpc) is 3.39. The Labute approximate surface area is 201 Å². The van der Waals surface area contributed by atoms with Gasteiger partial charge in [0.2, 0.25) is 0 Å². The number of benzene rings is 2. The molecule has 0 spiro atoms. The predicted octanol–water partition coefficient (Wildman–Crippen LogP) is 4.11. The maximum atomic E-state index is 5.64. The van der Waals surface area contributed by atoms with Crippen molar-refractivity contribution in [2.24, 2.45) is 0 Å². The summed E-state index contributed by atoms with van der Waals surface area (Å²) < 4.78 is 13.2. The lowest BCUT2D eigenvalue weighted by molar-refractivity contribution is 0.193. The third-order valence-corrected chi connectivity index (χ3v) is 7.21. The molecule has 1 saturated heterocycles. The number of anilines is 1. The van der Waals surface area contributed by atoms with Gasteiger partial charge in [-0.25, -0.2) is 4.68 Å². The molecule has 0 radical (unpaired) electrons. The molecule has 1 aliphatic carbocycles. The average molecular weight is 463 g/mol. The Bertz CT molecular complexity index is 1060. The fraction of sp³-hybridized carbons (Fsp3) is 0.500. The highest BCUT2D eigenvalue weighted by Gasteiger charge is 2.33. The number of hydrogen-bond donors (Lipinski definition) is 0. The second kappa shape index (κ2) is 10.4. The zero-order chi connectivity index (χ0) is 23.3. The fourth-order valence-electron chi connectivity index (χ4n) is 5.39. The number of nitrogens with zero attached hydrogens (tertiary/aromatic N) is 6. The number of hydrogen-bond acceptors (Lipinski definition) is 7. The standard InChI is InChI=1S/C26H34N6O2/c1-33-23-14-13-20(19-24(23)34-2)25(26-27-28-29-32(26)22-11-7-4-8-12-22)31-17-15-30(16-18-31)21-9-5-3-6-10-21/h3,5-6,9-10,13-14,19,22,25H,4,7-8,11-12,15-18H2,1-2H3. The van der Waals surface area contributed by atoms with Crippen LogP contribution in [0.5, 0.6) is 11.5 Å². The van der Waals surface area contributed by atoms with Gasteiger partial charge >= 0.3 is 0 Å². The van der Waals surface area contributed by atoms with E-state index in [1.165, 1.54) is 24.9 Å². The van der Waals surface area contributed by atoms with Gasteiger partial charge in [0.15, 0.2) is 17.3 Å². The van der Waals surface area contributed by atoms with Crippen molar-refractivity contribution in [3.05, 3.63) is 59.9 Å². The molecule has 1 aliphatic heterocycles. The summed E-state index contributed by atoms with van der Waals surface area (Å²) >= 11 is 0. The van der Waals surface area contributed by atoms with Crippen LogP contribution >= 0.6 is 0 Å². The molecule has 5 rings (SSSR count). The van der Waals surface area contributed by atoms with Crippen molar-refractivity contribution >= 4 is 5.69 Å². The van der Waals surface area contributed by atoms with Crippen LogP contribution in [0.4, 0.5) is 5.69 Å². The highest BCUT2D eigenvalue weighted by Crippen LogP contribution is 2.37. The van der Waals surface area contributed by atoms with Gasteiger partial charge in [0.05, 0.1) is 26.3 Å². The van der Waals surface area contributed by atoms with Crippen LogP contribution in [0.3, 0.4) is 0 Å². The van der Waals surface area contributed by atoms with Crippen LogP contribution in [0.1, 0.15) is 55.6 Å². The molecule has 0 N–H and O–H groups in total. The molecule has 8 heteroatoms. The summed E-state index contributed by atoms with van der Waals surface area (Å²) in [7, 11) is 3.35. The van der Waals surface area contributed by atoms with Crippen LogP contribution in [-0.4, -0.2) is 65.5 Å². The lowest BCUT2D eigenvalue weighted by Crippen LogP contribution is -2.48. The highest BCUT2D eigenvalue weighted by atomic mass is 16.5. The molecule has 1 saturated carbocycles. The Morgan fingerprint density at radius 2 is 1.59 bits per heavy atom. The van der Waals surface area contributed by atoms with Crippen molar-refractivity contribution in [1.29, 1.82) is 0 Å². The van der Waals surface area contributed by atoms with Gasteiger partial charge in [0.1, 0.15) is 0 Å². The first-order valence-electron chi connectivity index (χ1n) is 12.3. The molecule has 1 unspecified atom stereocenters. The van der Waals surface area contributed by atoms with E-state index in [4.69, 9.17) is 9.47 Å². The van der Waals surface area contributed by atoms with Gasteiger partial charge < -0.3 is 14.4 Å². The molecule has 8 nitrogen and oxygen atoms in total. The van der Waals surface area contributed by atoms with Gasteiger partial charge in [-0.15, -0.1) is 5.10 Å². The van der Waals surface area contributed by atoms with Gasteiger partial charge in [-0.05, 0) is 53.1 Å². The number of tetrazole rings is 1. The molecule has 1 aromatic heterocycles. The smallest absolute Gasteiger partial charge is 0.173 e. The Morgan fingerprint density at radius 3 is 2.29 bits per heavy atom. The molecule has 2 heterocycles. The highest BCUT2D eigenvalue weighted by molar-refractivity contribution is 5.47. The Hall–Kier alpha value is -3.13. The maximum absolute atomic E-state index is 5.64. The van der Waals surface area contributed by atoms with Gasteiger partial charge in [-0.3, -0.25) is 4.90 Å². The van der Waals surface area contributed by atoms with E-state index in [1.807, 2.05) is 6.07 Å². The maximum Gasteiger partial charge on any atom is 0.173 e. The number of para-hydroxylation sites is 1. The third kappa shape index (κ3) is 4.59. The van der Waals surface area contributed by atoms with Gasteiger partial charge in [0, 0.05) is 31.9 Å². The minimum atomic E-state index is -0.0466. The lowest BCUT2D eigenvalue weighted by atomic mass is 9.95. The number of rotatable bonds is 7. The largest absolute Gasteiger partial charge is 0.493 e. The molecule has 34 heavy (non-hydrogen) atoms. The van der Waals surface area contributed by atoms with E-state index >= 15 is 0 Å². The number of methoxy groups -OCH3 is 2. The molecule has 2 aromatic carbocycles. The minimum absolute atomic E-state index is 0.0466. The van der Waals surface area contributed by atoms with Crippen molar-refractivity contribution in [2.45, 2.75) is 44.2 Å². The SMILES string of the molecule is COc1ccc(C(c2nnnn2C2CCCCC2)N2CCN(c3ccccc3)CC2)cc1OC. The summed E-state index contributed by atoms with van der Waals surface area (Å²) in [5.74, 6) is 2.38. The Morgan fingerprint density at radius 1 is 0.853 bits per heavy atom. The molecule has 1 atom stereocenters. The van der Waals surface area contributed by atoms with E-state index in [1.54, 1.807) is 14.2 Å². The van der Waals surface area contributed by atoms with Crippen molar-refractivity contribution in [1.82, 2.24) is 25.1 Å². The monoisotopic (exact) mass is 462 g/mol. The van der Waals surface area contributed by atoms with E-state index in [0.717, 1.165) is 61.9 Å². The predicted molar refractivity (Wildman–Crippen MR) is 132 cm³/mol. The fourth-order valence-corrected chi connectivity index (χ4v) is 5.39. The van der Waals surface area contributed by atoms with Crippen LogP contribution < -0.4 is 14.4 Å². The molecule has 0 bridgehead atoms. The lowest BCUT2D eigenvalue weighted by Gasteiger charge is -2.40. The normalized spacial score (nSPS) is 18.6. The first kappa shape index (κ1) is 22.7. The summed E-state index contributed by atoms with van der Waals surface area (Å²) in [5, 5.41) is 13.2. The van der Waals surface area contributed by atoms with Crippen molar-refractivity contribution in [3.8, 4) is 11.5 Å². The van der Waals surface area contributed by atoms with E-state index in [2.05, 4.69) is 72.5 Å². The first-order chi connectivity index (χ1) is 16.8.